The predicted octanol–water partition coefficient (Wildman–Crippen LogP) is 4.50. The average Bonchev–Trinajstić information content (AvgIpc) is 2.76. The normalized spacial score (nSPS) is 18.7. The Morgan fingerprint density at radius 3 is 2.38 bits per heavy atom. The quantitative estimate of drug-likeness (QED) is 0.688. The van der Waals surface area contributed by atoms with Gasteiger partial charge in [-0.25, -0.2) is 0 Å². The lowest BCUT2D eigenvalue weighted by molar-refractivity contribution is 0.400. The molecular weight excluding hydrogens is 352 g/mol. The lowest BCUT2D eigenvalue weighted by atomic mass is 9.86. The van der Waals surface area contributed by atoms with Crippen LogP contribution in [0.4, 0.5) is 0 Å². The van der Waals surface area contributed by atoms with Crippen molar-refractivity contribution in [1.82, 2.24) is 22.2 Å². The van der Waals surface area contributed by atoms with Crippen LogP contribution in [-0.2, 0) is 0 Å². The fourth-order valence-corrected chi connectivity index (χ4v) is 3.51. The van der Waals surface area contributed by atoms with Gasteiger partial charge in [0.2, 0.25) is 0 Å². The molecule has 0 aliphatic carbocycles. The summed E-state index contributed by atoms with van der Waals surface area (Å²) >= 11 is 0. The van der Waals surface area contributed by atoms with Crippen molar-refractivity contribution < 1.29 is 10.2 Å². The smallest absolute Gasteiger partial charge is 0.149 e. The number of likely N-dealkylation sites (tertiary alicyclic amines) is 1. The summed E-state index contributed by atoms with van der Waals surface area (Å²) < 4.78 is 6.17. The Labute approximate surface area is 163 Å². The summed E-state index contributed by atoms with van der Waals surface area (Å²) in [7, 11) is 2.19. The lowest BCUT2D eigenvalue weighted by Crippen LogP contribution is -2.14. The van der Waals surface area contributed by atoms with E-state index in [1.807, 2.05) is 18.3 Å². The molecule has 2 aliphatic rings. The minimum atomic E-state index is 0. The zero-order chi connectivity index (χ0) is 13.7. The highest BCUT2D eigenvalue weighted by molar-refractivity contribution is 5.85. The summed E-state index contributed by atoms with van der Waals surface area (Å²) in [6.07, 6.45) is 1.87. The van der Waals surface area contributed by atoms with E-state index in [-0.39, 0.29) is 45.0 Å². The number of nitrogens with zero attached hydrogens (tertiary/aromatic N) is 2. The van der Waals surface area contributed by atoms with Crippen LogP contribution in [0.3, 0.4) is 0 Å². The lowest BCUT2D eigenvalue weighted by Gasteiger charge is -2.16. The van der Waals surface area contributed by atoms with Crippen LogP contribution in [0.15, 0.2) is 36.5 Å². The molecule has 150 valence electrons. The Morgan fingerprint density at radius 1 is 1.04 bits per heavy atom. The largest absolute Gasteiger partial charge is 0.455 e. The topological polar surface area (TPSA) is 127 Å². The molecule has 2 aliphatic heterocycles. The molecular formula is C19H35ClN4O2. The number of rotatable bonds is 0. The van der Waals surface area contributed by atoms with Gasteiger partial charge in [0, 0.05) is 31.1 Å². The molecule has 1 saturated heterocycles. The summed E-state index contributed by atoms with van der Waals surface area (Å²) in [6, 6.07) is 10.5. The molecule has 1 aromatic carbocycles. The fraction of sp³-hybridized carbons (Fsp3) is 0.421. The number of likely N-dealkylation sites (N-methyl/N-ethyl adjacent to an activating group) is 1. The van der Waals surface area contributed by atoms with E-state index in [1.165, 1.54) is 11.1 Å². The number of aryl methyl sites for hydroxylation is 1. The van der Waals surface area contributed by atoms with Crippen molar-refractivity contribution in [2.24, 2.45) is 0 Å². The minimum Gasteiger partial charge on any atom is -0.455 e. The third-order valence-electron chi connectivity index (χ3n) is 4.44. The molecule has 0 bridgehead atoms. The van der Waals surface area contributed by atoms with Crippen molar-refractivity contribution in [3.8, 4) is 11.5 Å². The van der Waals surface area contributed by atoms with E-state index in [2.05, 4.69) is 42.1 Å². The van der Waals surface area contributed by atoms with Crippen LogP contribution in [0.1, 0.15) is 43.5 Å². The summed E-state index contributed by atoms with van der Waals surface area (Å²) in [5.74, 6) is 2.83. The first-order valence-electron chi connectivity index (χ1n) is 7.14. The number of ether oxygens (including phenoxy) is 1. The number of benzene rings is 1. The molecule has 2 aromatic rings. The molecule has 0 amide bonds. The second-order valence-corrected chi connectivity index (χ2v) is 5.96. The number of aromatic nitrogens is 1. The molecule has 0 spiro atoms. The molecule has 1 fully saturated rings. The first kappa shape index (κ1) is 29.1. The number of pyridine rings is 1. The number of hydrogen-bond donors (Lipinski definition) is 2. The molecule has 26 heavy (non-hydrogen) atoms. The van der Waals surface area contributed by atoms with E-state index in [9.17, 15) is 0 Å². The number of fused-ring (bicyclic) bond motifs is 5. The Hall–Kier alpha value is -1.70. The van der Waals surface area contributed by atoms with Crippen molar-refractivity contribution in [1.29, 1.82) is 0 Å². The molecule has 7 heteroatoms. The summed E-state index contributed by atoms with van der Waals surface area (Å²) in [6.45, 7) is 4.22. The van der Waals surface area contributed by atoms with Crippen LogP contribution in [0, 0.1) is 6.92 Å². The van der Waals surface area contributed by atoms with Gasteiger partial charge < -0.3 is 27.4 Å². The average molecular weight is 387 g/mol. The summed E-state index contributed by atoms with van der Waals surface area (Å²) in [5, 5.41) is 0. The van der Waals surface area contributed by atoms with Gasteiger partial charge in [-0.05, 0) is 43.3 Å². The molecule has 2 atom stereocenters. The van der Waals surface area contributed by atoms with Gasteiger partial charge in [-0.2, -0.15) is 0 Å². The highest BCUT2D eigenvalue weighted by Gasteiger charge is 2.39. The van der Waals surface area contributed by atoms with Gasteiger partial charge in [0.1, 0.15) is 11.5 Å². The highest BCUT2D eigenvalue weighted by atomic mass is 35.5. The molecule has 3 heterocycles. The van der Waals surface area contributed by atoms with Crippen molar-refractivity contribution in [2.75, 3.05) is 20.1 Å². The maximum atomic E-state index is 6.17. The van der Waals surface area contributed by atoms with E-state index >= 15 is 0 Å². The van der Waals surface area contributed by atoms with Crippen LogP contribution in [0.5, 0.6) is 11.5 Å². The van der Waals surface area contributed by atoms with E-state index in [4.69, 9.17) is 4.74 Å². The van der Waals surface area contributed by atoms with Gasteiger partial charge in [0.05, 0.1) is 5.69 Å². The van der Waals surface area contributed by atoms with Crippen molar-refractivity contribution in [3.05, 3.63) is 53.3 Å². The van der Waals surface area contributed by atoms with Gasteiger partial charge in [-0.15, -0.1) is 12.4 Å². The Morgan fingerprint density at radius 2 is 1.69 bits per heavy atom. The maximum Gasteiger partial charge on any atom is 0.149 e. The van der Waals surface area contributed by atoms with Crippen LogP contribution >= 0.6 is 12.4 Å². The van der Waals surface area contributed by atoms with Crippen LogP contribution in [0.2, 0.25) is 0 Å². The fourth-order valence-electron chi connectivity index (χ4n) is 3.51. The molecule has 0 radical (unpaired) electrons. The Bertz CT molecular complexity index is 684. The highest BCUT2D eigenvalue weighted by Crippen LogP contribution is 2.48. The standard InChI is InChI=1S/C17H18N2O.2CH4.ClH.2H3N.H2O/c1-11-5-6-12-13-9-19(2)10-14(13)17-15(4-3-7-18-17)20-16(12)8-11;;;;;;/h3-8,13-14H,9-10H2,1-2H3;2*1H4;1H;2*1H3;1H2/t13-,14+;;;;;;/m1....../s1. The minimum absolute atomic E-state index is 0. The van der Waals surface area contributed by atoms with Gasteiger partial charge in [-0.3, -0.25) is 4.98 Å². The molecule has 0 unspecified atom stereocenters. The third-order valence-corrected chi connectivity index (χ3v) is 4.44. The maximum absolute atomic E-state index is 6.17. The Kier molecular flexibility index (Phi) is 12.4. The van der Waals surface area contributed by atoms with Crippen LogP contribution in [0.25, 0.3) is 0 Å². The number of hydrogen-bond acceptors (Lipinski definition) is 5. The van der Waals surface area contributed by atoms with Gasteiger partial charge in [0.25, 0.3) is 0 Å². The van der Waals surface area contributed by atoms with Crippen LogP contribution in [-0.4, -0.2) is 35.5 Å². The van der Waals surface area contributed by atoms with E-state index in [1.54, 1.807) is 0 Å². The first-order valence-corrected chi connectivity index (χ1v) is 7.14. The summed E-state index contributed by atoms with van der Waals surface area (Å²) in [4.78, 5) is 7.00. The van der Waals surface area contributed by atoms with Gasteiger partial charge >= 0.3 is 0 Å². The van der Waals surface area contributed by atoms with Gasteiger partial charge in [-0.1, -0.05) is 27.0 Å². The Balaban J connectivity index is -0.000000882. The van der Waals surface area contributed by atoms with E-state index in [0.29, 0.717) is 11.8 Å². The monoisotopic (exact) mass is 386 g/mol. The second kappa shape index (κ2) is 11.1. The summed E-state index contributed by atoms with van der Waals surface area (Å²) in [5.41, 5.74) is 3.66. The van der Waals surface area contributed by atoms with Gasteiger partial charge in [0.15, 0.2) is 0 Å². The third kappa shape index (κ3) is 4.72. The zero-order valence-corrected chi connectivity index (χ0v) is 15.0. The SMILES string of the molecule is C.C.Cc1ccc2c(c1)Oc1cccnc1[C@H]1CN(C)C[C@H]21.Cl.N.N.O. The number of halogens is 1. The predicted molar refractivity (Wildman–Crippen MR) is 113 cm³/mol. The first-order chi connectivity index (χ1) is 9.72. The van der Waals surface area contributed by atoms with E-state index < -0.39 is 0 Å². The molecule has 8 N–H and O–H groups in total. The van der Waals surface area contributed by atoms with Crippen molar-refractivity contribution >= 4 is 12.4 Å². The van der Waals surface area contributed by atoms with E-state index in [0.717, 1.165) is 30.3 Å². The molecule has 4 rings (SSSR count). The molecule has 0 saturated carbocycles. The van der Waals surface area contributed by atoms with Crippen LogP contribution < -0.4 is 17.0 Å². The molecule has 6 nitrogen and oxygen atoms in total. The van der Waals surface area contributed by atoms with Crippen molar-refractivity contribution in [3.63, 3.8) is 0 Å². The zero-order valence-electron chi connectivity index (χ0n) is 14.2. The van der Waals surface area contributed by atoms with Crippen molar-refractivity contribution in [2.45, 2.75) is 33.6 Å². The molecule has 1 aromatic heterocycles. The second-order valence-electron chi connectivity index (χ2n) is 5.96.